The molecule has 0 aromatic heterocycles. The van der Waals surface area contributed by atoms with Crippen molar-refractivity contribution >= 4 is 0 Å². The van der Waals surface area contributed by atoms with Gasteiger partial charge in [-0.2, -0.15) is 0 Å². The topological polar surface area (TPSA) is 35.5 Å². The number of benzene rings is 1. The van der Waals surface area contributed by atoms with Gasteiger partial charge < -0.3 is 10.4 Å². The number of hydrogen-bond acceptors (Lipinski definition) is 3. The van der Waals surface area contributed by atoms with E-state index in [1.165, 1.54) is 5.56 Å². The molecule has 3 rings (SSSR count). The largest absolute Gasteiger partial charge is 0.391 e. The van der Waals surface area contributed by atoms with Crippen LogP contribution in [-0.4, -0.2) is 41.8 Å². The van der Waals surface area contributed by atoms with Gasteiger partial charge in [0.15, 0.2) is 0 Å². The molecule has 18 heavy (non-hydrogen) atoms. The van der Waals surface area contributed by atoms with Gasteiger partial charge in [-0.1, -0.05) is 30.3 Å². The normalized spacial score (nSPS) is 33.1. The Labute approximate surface area is 109 Å². The highest BCUT2D eigenvalue weighted by atomic mass is 16.3. The molecular formula is C15H22N2O. The van der Waals surface area contributed by atoms with E-state index in [0.29, 0.717) is 12.0 Å². The number of aliphatic hydroxyl groups excluding tert-OH is 1. The minimum atomic E-state index is -0.133. The molecule has 0 bridgehead atoms. The Balaban J connectivity index is 1.60. The van der Waals surface area contributed by atoms with Crippen LogP contribution in [0.25, 0.3) is 0 Å². The van der Waals surface area contributed by atoms with Crippen molar-refractivity contribution in [1.82, 2.24) is 10.2 Å². The summed E-state index contributed by atoms with van der Waals surface area (Å²) >= 11 is 0. The number of rotatable bonds is 2. The van der Waals surface area contributed by atoms with Gasteiger partial charge in [-0.3, -0.25) is 4.90 Å². The van der Waals surface area contributed by atoms with Gasteiger partial charge in [0.25, 0.3) is 0 Å². The third kappa shape index (κ3) is 2.58. The Hall–Kier alpha value is -0.900. The van der Waals surface area contributed by atoms with Gasteiger partial charge in [-0.05, 0) is 31.5 Å². The van der Waals surface area contributed by atoms with Crippen LogP contribution < -0.4 is 5.32 Å². The monoisotopic (exact) mass is 246 g/mol. The first kappa shape index (κ1) is 12.2. The van der Waals surface area contributed by atoms with Crippen molar-refractivity contribution < 1.29 is 5.11 Å². The fraction of sp³-hybridized carbons (Fsp3) is 0.600. The summed E-state index contributed by atoms with van der Waals surface area (Å²) in [5.74, 6) is 0.464. The lowest BCUT2D eigenvalue weighted by Gasteiger charge is -2.20. The number of likely N-dealkylation sites (tertiary alicyclic amines) is 1. The zero-order valence-electron chi connectivity index (χ0n) is 10.8. The lowest BCUT2D eigenvalue weighted by molar-refractivity contribution is 0.131. The molecule has 0 amide bonds. The summed E-state index contributed by atoms with van der Waals surface area (Å²) < 4.78 is 0. The first-order valence-corrected chi connectivity index (χ1v) is 7.00. The molecule has 1 aromatic carbocycles. The second-order valence-electron chi connectivity index (χ2n) is 5.59. The Kier molecular flexibility index (Phi) is 3.64. The van der Waals surface area contributed by atoms with Gasteiger partial charge in [0, 0.05) is 25.0 Å². The predicted octanol–water partition coefficient (Wildman–Crippen LogP) is 1.23. The molecule has 1 aromatic rings. The Morgan fingerprint density at radius 1 is 1.17 bits per heavy atom. The van der Waals surface area contributed by atoms with E-state index >= 15 is 0 Å². The first-order chi connectivity index (χ1) is 8.83. The second kappa shape index (κ2) is 5.39. The Morgan fingerprint density at radius 2 is 1.94 bits per heavy atom. The highest BCUT2D eigenvalue weighted by Gasteiger charge is 2.36. The summed E-state index contributed by atoms with van der Waals surface area (Å²) in [6.45, 7) is 4.06. The van der Waals surface area contributed by atoms with E-state index in [1.54, 1.807) is 0 Å². The number of fused-ring (bicyclic) bond motifs is 1. The summed E-state index contributed by atoms with van der Waals surface area (Å²) in [6.07, 6.45) is 2.15. The van der Waals surface area contributed by atoms with Gasteiger partial charge in [-0.25, -0.2) is 0 Å². The lowest BCUT2D eigenvalue weighted by atomic mass is 9.94. The molecule has 3 unspecified atom stereocenters. The molecular weight excluding hydrogens is 224 g/mol. The minimum Gasteiger partial charge on any atom is -0.391 e. The Morgan fingerprint density at radius 3 is 2.78 bits per heavy atom. The number of β-amino-alcohol motifs (C(OH)–C–C–N with tert-alkyl or cyclic N) is 1. The molecule has 2 fully saturated rings. The average Bonchev–Trinajstić information content (AvgIpc) is 2.63. The molecule has 0 saturated carbocycles. The van der Waals surface area contributed by atoms with E-state index < -0.39 is 0 Å². The van der Waals surface area contributed by atoms with Crippen molar-refractivity contribution in [2.45, 2.75) is 31.5 Å². The van der Waals surface area contributed by atoms with Crippen molar-refractivity contribution in [2.24, 2.45) is 5.92 Å². The third-order valence-corrected chi connectivity index (χ3v) is 4.38. The van der Waals surface area contributed by atoms with Crippen LogP contribution in [0.2, 0.25) is 0 Å². The maximum absolute atomic E-state index is 9.94. The molecule has 3 heteroatoms. The molecule has 2 N–H and O–H groups in total. The van der Waals surface area contributed by atoms with E-state index in [9.17, 15) is 5.11 Å². The standard InChI is InChI=1S/C15H22N2O/c18-15-10-16-14-7-9-17(8-6-13(14)15)11-12-4-2-1-3-5-12/h1-5,13-16,18H,6-11H2. The quantitative estimate of drug-likeness (QED) is 0.824. The maximum Gasteiger partial charge on any atom is 0.0708 e. The van der Waals surface area contributed by atoms with Gasteiger partial charge in [-0.15, -0.1) is 0 Å². The van der Waals surface area contributed by atoms with E-state index in [1.807, 2.05) is 0 Å². The smallest absolute Gasteiger partial charge is 0.0708 e. The molecule has 3 nitrogen and oxygen atoms in total. The highest BCUT2D eigenvalue weighted by Crippen LogP contribution is 2.26. The summed E-state index contributed by atoms with van der Waals surface area (Å²) in [7, 11) is 0. The number of hydrogen-bond donors (Lipinski definition) is 2. The fourth-order valence-electron chi connectivity index (χ4n) is 3.32. The van der Waals surface area contributed by atoms with Crippen molar-refractivity contribution in [1.29, 1.82) is 0 Å². The van der Waals surface area contributed by atoms with E-state index in [2.05, 4.69) is 40.5 Å². The van der Waals surface area contributed by atoms with Crippen LogP contribution >= 0.6 is 0 Å². The first-order valence-electron chi connectivity index (χ1n) is 7.00. The van der Waals surface area contributed by atoms with Crippen molar-refractivity contribution in [3.63, 3.8) is 0 Å². The van der Waals surface area contributed by atoms with E-state index in [4.69, 9.17) is 0 Å². The summed E-state index contributed by atoms with van der Waals surface area (Å²) in [4.78, 5) is 2.52. The van der Waals surface area contributed by atoms with Crippen LogP contribution in [0.4, 0.5) is 0 Å². The summed E-state index contributed by atoms with van der Waals surface area (Å²) in [6, 6.07) is 11.2. The Bertz CT molecular complexity index is 381. The molecule has 2 aliphatic heterocycles. The molecule has 2 saturated heterocycles. The molecule has 0 radical (unpaired) electrons. The average molecular weight is 246 g/mol. The van der Waals surface area contributed by atoms with Crippen molar-refractivity contribution in [3.8, 4) is 0 Å². The van der Waals surface area contributed by atoms with E-state index in [-0.39, 0.29) is 6.10 Å². The fourth-order valence-corrected chi connectivity index (χ4v) is 3.32. The lowest BCUT2D eigenvalue weighted by Crippen LogP contribution is -2.28. The third-order valence-electron chi connectivity index (χ3n) is 4.38. The van der Waals surface area contributed by atoms with Crippen LogP contribution in [0.15, 0.2) is 30.3 Å². The van der Waals surface area contributed by atoms with Gasteiger partial charge in [0.2, 0.25) is 0 Å². The molecule has 3 atom stereocenters. The zero-order chi connectivity index (χ0) is 12.4. The molecule has 98 valence electrons. The number of aliphatic hydroxyl groups is 1. The van der Waals surface area contributed by atoms with Crippen LogP contribution in [0, 0.1) is 5.92 Å². The minimum absolute atomic E-state index is 0.133. The molecule has 0 aliphatic carbocycles. The maximum atomic E-state index is 9.94. The van der Waals surface area contributed by atoms with Crippen molar-refractivity contribution in [2.75, 3.05) is 19.6 Å². The zero-order valence-corrected chi connectivity index (χ0v) is 10.8. The van der Waals surface area contributed by atoms with E-state index in [0.717, 1.165) is 39.0 Å². The van der Waals surface area contributed by atoms with Crippen molar-refractivity contribution in [3.05, 3.63) is 35.9 Å². The van der Waals surface area contributed by atoms with Crippen LogP contribution in [0.5, 0.6) is 0 Å². The second-order valence-corrected chi connectivity index (χ2v) is 5.59. The molecule has 2 heterocycles. The SMILES string of the molecule is OC1CNC2CCN(Cc3ccccc3)CCC12. The number of nitrogens with zero attached hydrogens (tertiary/aromatic N) is 1. The summed E-state index contributed by atoms with van der Waals surface area (Å²) in [5.41, 5.74) is 1.39. The predicted molar refractivity (Wildman–Crippen MR) is 72.2 cm³/mol. The number of nitrogens with one attached hydrogen (secondary N) is 1. The van der Waals surface area contributed by atoms with Gasteiger partial charge in [0.1, 0.15) is 0 Å². The highest BCUT2D eigenvalue weighted by molar-refractivity contribution is 5.14. The summed E-state index contributed by atoms with van der Waals surface area (Å²) in [5, 5.41) is 13.4. The molecule has 0 spiro atoms. The van der Waals surface area contributed by atoms with Gasteiger partial charge in [0.05, 0.1) is 6.10 Å². The van der Waals surface area contributed by atoms with Crippen LogP contribution in [0.3, 0.4) is 0 Å². The molecule has 2 aliphatic rings. The van der Waals surface area contributed by atoms with Crippen LogP contribution in [0.1, 0.15) is 18.4 Å². The van der Waals surface area contributed by atoms with Gasteiger partial charge >= 0.3 is 0 Å². The van der Waals surface area contributed by atoms with Crippen LogP contribution in [-0.2, 0) is 6.54 Å².